The van der Waals surface area contributed by atoms with Crippen LogP contribution in [0, 0.1) is 6.92 Å². The Balaban J connectivity index is 1.29. The van der Waals surface area contributed by atoms with Crippen molar-refractivity contribution in [2.24, 2.45) is 0 Å². The van der Waals surface area contributed by atoms with E-state index in [0.29, 0.717) is 38.7 Å². The van der Waals surface area contributed by atoms with Crippen molar-refractivity contribution >= 4 is 45.7 Å². The van der Waals surface area contributed by atoms with Crippen LogP contribution in [-0.2, 0) is 21.9 Å². The summed E-state index contributed by atoms with van der Waals surface area (Å²) in [5.41, 5.74) is 4.43. The molecule has 1 aromatic heterocycles. The van der Waals surface area contributed by atoms with E-state index < -0.39 is 17.7 Å². The van der Waals surface area contributed by atoms with E-state index in [1.807, 2.05) is 91.9 Å². The van der Waals surface area contributed by atoms with E-state index in [9.17, 15) is 14.7 Å². The van der Waals surface area contributed by atoms with E-state index >= 15 is 0 Å². The first-order chi connectivity index (χ1) is 21.0. The van der Waals surface area contributed by atoms with Crippen LogP contribution in [0.4, 0.5) is 5.13 Å². The lowest BCUT2D eigenvalue weighted by Crippen LogP contribution is -2.29. The Morgan fingerprint density at radius 3 is 2.28 bits per heavy atom. The number of carbonyl (C=O) groups is 2. The highest BCUT2D eigenvalue weighted by molar-refractivity contribution is 8.00. The molecule has 5 aromatic rings. The zero-order valence-electron chi connectivity index (χ0n) is 23.2. The highest BCUT2D eigenvalue weighted by Crippen LogP contribution is 2.44. The summed E-state index contributed by atoms with van der Waals surface area (Å²) in [5.74, 6) is -0.483. The van der Waals surface area contributed by atoms with Crippen LogP contribution in [0.2, 0.25) is 0 Å². The summed E-state index contributed by atoms with van der Waals surface area (Å²) in [7, 11) is 0. The van der Waals surface area contributed by atoms with Crippen LogP contribution in [0.3, 0.4) is 0 Å². The minimum atomic E-state index is -0.863. The molecule has 2 heterocycles. The fourth-order valence-corrected chi connectivity index (χ4v) is 6.68. The second kappa shape index (κ2) is 12.6. The topological polar surface area (TPSA) is 92.6 Å². The number of hydrogen-bond donors (Lipinski definition) is 1. The molecular formula is C34H27N3O4S2. The monoisotopic (exact) mass is 605 g/mol. The maximum Gasteiger partial charge on any atom is 0.301 e. The summed E-state index contributed by atoms with van der Waals surface area (Å²) in [4.78, 5) is 28.3. The smallest absolute Gasteiger partial charge is 0.301 e. The quantitative estimate of drug-likeness (QED) is 0.0618. The molecule has 214 valence electrons. The molecule has 1 fully saturated rings. The van der Waals surface area contributed by atoms with E-state index in [0.717, 1.165) is 16.7 Å². The van der Waals surface area contributed by atoms with Crippen LogP contribution >= 0.6 is 23.1 Å². The van der Waals surface area contributed by atoms with Gasteiger partial charge >= 0.3 is 5.91 Å². The van der Waals surface area contributed by atoms with Gasteiger partial charge in [0.15, 0.2) is 4.34 Å². The van der Waals surface area contributed by atoms with E-state index in [1.165, 1.54) is 28.0 Å². The number of ketones is 1. The third kappa shape index (κ3) is 6.09. The fourth-order valence-electron chi connectivity index (χ4n) is 4.86. The normalized spacial score (nSPS) is 16.0. The number of ether oxygens (including phenoxy) is 1. The summed E-state index contributed by atoms with van der Waals surface area (Å²) in [6.07, 6.45) is 0. The van der Waals surface area contributed by atoms with Crippen molar-refractivity contribution in [3.05, 3.63) is 143 Å². The third-order valence-corrected chi connectivity index (χ3v) is 9.28. The maximum atomic E-state index is 13.5. The molecule has 4 aromatic carbocycles. The van der Waals surface area contributed by atoms with Gasteiger partial charge in [0, 0.05) is 11.3 Å². The van der Waals surface area contributed by atoms with Crippen LogP contribution in [0.15, 0.2) is 119 Å². The predicted octanol–water partition coefficient (Wildman–Crippen LogP) is 7.34. The summed E-state index contributed by atoms with van der Waals surface area (Å²) in [6.45, 7) is 2.44. The first-order valence-corrected chi connectivity index (χ1v) is 15.4. The number of aromatic nitrogens is 2. The summed E-state index contributed by atoms with van der Waals surface area (Å²) in [5, 5.41) is 20.3. The zero-order chi connectivity index (χ0) is 29.8. The number of aliphatic hydroxyl groups is 1. The third-order valence-electron chi connectivity index (χ3n) is 7.15. The Hall–Kier alpha value is -4.73. The SMILES string of the molecule is Cc1ccccc1COc1ccc(/C(O)=C2\C(=O)C(=O)N(c3nnc(SCc4ccccc4)s3)C2c2ccccc2)cc1. The Morgan fingerprint density at radius 1 is 0.884 bits per heavy atom. The van der Waals surface area contributed by atoms with Crippen molar-refractivity contribution in [1.29, 1.82) is 0 Å². The lowest BCUT2D eigenvalue weighted by Gasteiger charge is -2.22. The molecule has 1 atom stereocenters. The Kier molecular flexibility index (Phi) is 8.35. The highest BCUT2D eigenvalue weighted by atomic mass is 32.2. The van der Waals surface area contributed by atoms with Gasteiger partial charge in [-0.3, -0.25) is 14.5 Å². The van der Waals surface area contributed by atoms with E-state index in [1.54, 1.807) is 24.3 Å². The van der Waals surface area contributed by atoms with Crippen LogP contribution in [-0.4, -0.2) is 27.0 Å². The molecule has 1 amide bonds. The van der Waals surface area contributed by atoms with Crippen LogP contribution in [0.25, 0.3) is 5.76 Å². The second-order valence-electron chi connectivity index (χ2n) is 9.94. The van der Waals surface area contributed by atoms with E-state index in [4.69, 9.17) is 4.74 Å². The fraction of sp³-hybridized carbons (Fsp3) is 0.118. The van der Waals surface area contributed by atoms with Gasteiger partial charge in [0.1, 0.15) is 18.1 Å². The van der Waals surface area contributed by atoms with Crippen LogP contribution < -0.4 is 9.64 Å². The first kappa shape index (κ1) is 28.4. The predicted molar refractivity (Wildman–Crippen MR) is 169 cm³/mol. The number of rotatable bonds is 9. The Labute approximate surface area is 257 Å². The van der Waals surface area contributed by atoms with Gasteiger partial charge in [0.2, 0.25) is 5.13 Å². The molecule has 0 saturated carbocycles. The largest absolute Gasteiger partial charge is 0.507 e. The molecule has 1 N–H and O–H groups in total. The average molecular weight is 606 g/mol. The molecule has 6 rings (SSSR count). The number of anilines is 1. The summed E-state index contributed by atoms with van der Waals surface area (Å²) < 4.78 is 6.62. The van der Waals surface area contributed by atoms with Crippen molar-refractivity contribution in [2.75, 3.05) is 4.90 Å². The minimum absolute atomic E-state index is 0.00142. The standard InChI is InChI=1S/C34H27N3O4S2/c1-22-10-8-9-15-26(22)20-41-27-18-16-25(17-19-27)30(38)28-29(24-13-6-3-7-14-24)37(32(40)31(28)39)33-35-36-34(43-33)42-21-23-11-4-2-5-12-23/h2-19,29,38H,20-21H2,1H3/b30-28+. The molecular weight excluding hydrogens is 579 g/mol. The molecule has 0 radical (unpaired) electrons. The molecule has 1 aliphatic rings. The number of amides is 1. The van der Waals surface area contributed by atoms with Gasteiger partial charge in [-0.25, -0.2) is 0 Å². The van der Waals surface area contributed by atoms with Crippen molar-refractivity contribution < 1.29 is 19.4 Å². The second-order valence-corrected chi connectivity index (χ2v) is 12.1. The van der Waals surface area contributed by atoms with E-state index in [-0.39, 0.29) is 11.3 Å². The molecule has 43 heavy (non-hydrogen) atoms. The van der Waals surface area contributed by atoms with Gasteiger partial charge in [0.05, 0.1) is 11.6 Å². The molecule has 1 aliphatic heterocycles. The lowest BCUT2D eigenvalue weighted by molar-refractivity contribution is -0.132. The van der Waals surface area contributed by atoms with Crippen LogP contribution in [0.1, 0.15) is 33.9 Å². The summed E-state index contributed by atoms with van der Waals surface area (Å²) in [6, 6.07) is 33.1. The molecule has 0 aliphatic carbocycles. The number of nitrogens with zero attached hydrogens (tertiary/aromatic N) is 3. The molecule has 9 heteroatoms. The number of aliphatic hydroxyl groups excluding tert-OH is 1. The first-order valence-electron chi connectivity index (χ1n) is 13.6. The van der Waals surface area contributed by atoms with Crippen LogP contribution in [0.5, 0.6) is 5.75 Å². The van der Waals surface area contributed by atoms with Crippen molar-refractivity contribution in [3.8, 4) is 5.75 Å². The number of carbonyl (C=O) groups excluding carboxylic acids is 2. The highest BCUT2D eigenvalue weighted by Gasteiger charge is 2.48. The van der Waals surface area contributed by atoms with Gasteiger partial charge in [-0.05, 0) is 53.4 Å². The molecule has 0 bridgehead atoms. The molecule has 7 nitrogen and oxygen atoms in total. The van der Waals surface area contributed by atoms with Gasteiger partial charge in [-0.1, -0.05) is 108 Å². The van der Waals surface area contributed by atoms with Crippen molar-refractivity contribution in [3.63, 3.8) is 0 Å². The number of Topliss-reactive ketones (excluding diaryl/α,β-unsaturated/α-hetero) is 1. The Morgan fingerprint density at radius 2 is 1.56 bits per heavy atom. The van der Waals surface area contributed by atoms with Gasteiger partial charge < -0.3 is 9.84 Å². The number of hydrogen-bond acceptors (Lipinski definition) is 8. The molecule has 1 saturated heterocycles. The molecule has 1 unspecified atom stereocenters. The van der Waals surface area contributed by atoms with Gasteiger partial charge in [-0.15, -0.1) is 10.2 Å². The number of aryl methyl sites for hydroxylation is 1. The van der Waals surface area contributed by atoms with Crippen molar-refractivity contribution in [2.45, 2.75) is 29.7 Å². The van der Waals surface area contributed by atoms with Gasteiger partial charge in [-0.2, -0.15) is 0 Å². The van der Waals surface area contributed by atoms with E-state index in [2.05, 4.69) is 10.2 Å². The lowest BCUT2D eigenvalue weighted by atomic mass is 9.95. The minimum Gasteiger partial charge on any atom is -0.507 e. The number of thioether (sulfide) groups is 1. The zero-order valence-corrected chi connectivity index (χ0v) is 24.8. The maximum absolute atomic E-state index is 13.5. The Bertz CT molecular complexity index is 1790. The van der Waals surface area contributed by atoms with Gasteiger partial charge in [0.25, 0.3) is 5.78 Å². The summed E-state index contributed by atoms with van der Waals surface area (Å²) >= 11 is 2.75. The average Bonchev–Trinajstić information content (AvgIpc) is 3.62. The van der Waals surface area contributed by atoms with Crippen molar-refractivity contribution in [1.82, 2.24) is 10.2 Å². The molecule has 0 spiro atoms. The number of benzene rings is 4.